The fourth-order valence-corrected chi connectivity index (χ4v) is 7.90. The zero-order valence-corrected chi connectivity index (χ0v) is 38.6. The molecule has 0 heterocycles. The van der Waals surface area contributed by atoms with Crippen molar-refractivity contribution >= 4 is 8.60 Å². The number of hydrogen-bond acceptors (Lipinski definition) is 6. The maximum Gasteiger partial charge on any atom is 0.421 e. The predicted octanol–water partition coefficient (Wildman–Crippen LogP) is 18.5. The van der Waals surface area contributed by atoms with Crippen LogP contribution in [0.5, 0.6) is 0 Å². The second-order valence-electron chi connectivity index (χ2n) is 16.7. The van der Waals surface area contributed by atoms with Crippen molar-refractivity contribution in [1.82, 2.24) is 0 Å². The average Bonchev–Trinajstić information content (AvgIpc) is 3.20. The van der Waals surface area contributed by atoms with Crippen molar-refractivity contribution in [3.8, 4) is 0 Å². The van der Waals surface area contributed by atoms with Gasteiger partial charge >= 0.3 is 8.60 Å². The smallest absolute Gasteiger partial charge is 0.229 e. The Morgan fingerprint density at radius 1 is 0.200 bits per heavy atom. The van der Waals surface area contributed by atoms with Crippen LogP contribution in [0.1, 0.15) is 290 Å². The summed E-state index contributed by atoms with van der Waals surface area (Å²) in [5.74, 6) is 0. The molecule has 0 amide bonds. The molecule has 0 aromatic rings. The monoisotopic (exact) mass is 803 g/mol. The van der Waals surface area contributed by atoms with Crippen molar-refractivity contribution in [1.29, 1.82) is 0 Å². The number of hydrogen-bond donors (Lipinski definition) is 0. The van der Waals surface area contributed by atoms with Gasteiger partial charge in [-0.25, -0.2) is 14.7 Å². The molecule has 0 bridgehead atoms. The van der Waals surface area contributed by atoms with Crippen LogP contribution in [0.4, 0.5) is 0 Å². The molecule has 7 heteroatoms. The van der Waals surface area contributed by atoms with Gasteiger partial charge in [-0.2, -0.15) is 0 Å². The van der Waals surface area contributed by atoms with Crippen LogP contribution in [0, 0.1) is 0 Å². The minimum Gasteiger partial charge on any atom is -0.229 e. The van der Waals surface area contributed by atoms with E-state index in [-0.39, 0.29) is 0 Å². The zero-order chi connectivity index (χ0) is 39.6. The van der Waals surface area contributed by atoms with Gasteiger partial charge in [-0.15, -0.1) is 14.0 Å². The molecule has 0 atom stereocenters. The van der Waals surface area contributed by atoms with Gasteiger partial charge in [0, 0.05) is 0 Å². The first kappa shape index (κ1) is 55.2. The Kier molecular flexibility index (Phi) is 52.4. The van der Waals surface area contributed by atoms with Crippen LogP contribution in [-0.2, 0) is 28.7 Å². The topological polar surface area (TPSA) is 55.4 Å². The average molecular weight is 803 g/mol. The fraction of sp³-hybridized carbons (Fsp3) is 1.00. The van der Waals surface area contributed by atoms with Crippen LogP contribution in [-0.4, -0.2) is 19.8 Å². The summed E-state index contributed by atoms with van der Waals surface area (Å²) in [5, 5.41) is 0. The summed E-state index contributed by atoms with van der Waals surface area (Å²) in [6.45, 7) is 8.46. The molecule has 0 aliphatic heterocycles. The summed E-state index contributed by atoms with van der Waals surface area (Å²) >= 11 is 0. The summed E-state index contributed by atoms with van der Waals surface area (Å²) < 4.78 is 16.4. The summed E-state index contributed by atoms with van der Waals surface area (Å²) in [7, 11) is -1.86. The van der Waals surface area contributed by atoms with E-state index < -0.39 is 8.60 Å². The highest BCUT2D eigenvalue weighted by Gasteiger charge is 2.17. The summed E-state index contributed by atoms with van der Waals surface area (Å²) in [4.78, 5) is 16.4. The third kappa shape index (κ3) is 50.3. The molecule has 6 nitrogen and oxygen atoms in total. The van der Waals surface area contributed by atoms with Gasteiger partial charge in [-0.3, -0.25) is 0 Å². The van der Waals surface area contributed by atoms with Crippen molar-refractivity contribution in [3.05, 3.63) is 0 Å². The van der Waals surface area contributed by atoms with Gasteiger partial charge in [-0.1, -0.05) is 271 Å². The fourth-order valence-electron chi connectivity index (χ4n) is 7.34. The summed E-state index contributed by atoms with van der Waals surface area (Å²) in [6.07, 6.45) is 56.1. The minimum absolute atomic E-state index is 0.529. The lowest BCUT2D eigenvalue weighted by molar-refractivity contribution is -0.311. The van der Waals surface area contributed by atoms with Gasteiger partial charge in [0.05, 0.1) is 19.8 Å². The Morgan fingerprint density at radius 2 is 0.345 bits per heavy atom. The van der Waals surface area contributed by atoms with Crippen molar-refractivity contribution in [2.24, 2.45) is 0 Å². The van der Waals surface area contributed by atoms with Crippen LogP contribution >= 0.6 is 8.60 Å². The molecule has 0 aliphatic carbocycles. The van der Waals surface area contributed by atoms with Crippen LogP contribution in [0.3, 0.4) is 0 Å². The molecule has 0 aromatic heterocycles. The lowest BCUT2D eigenvalue weighted by Crippen LogP contribution is -2.02. The highest BCUT2D eigenvalue weighted by atomic mass is 31.2. The van der Waals surface area contributed by atoms with Crippen LogP contribution in [0.25, 0.3) is 0 Å². The van der Waals surface area contributed by atoms with Gasteiger partial charge < -0.3 is 0 Å². The van der Waals surface area contributed by atoms with E-state index in [1.165, 1.54) is 231 Å². The lowest BCUT2D eigenvalue weighted by Gasteiger charge is -2.13. The molecule has 0 fully saturated rings. The van der Waals surface area contributed by atoms with Crippen LogP contribution in [0.2, 0.25) is 0 Å². The lowest BCUT2D eigenvalue weighted by atomic mass is 10.0. The molecule has 0 rings (SSSR count). The van der Waals surface area contributed by atoms with E-state index in [2.05, 4.69) is 20.8 Å². The van der Waals surface area contributed by atoms with Crippen molar-refractivity contribution < 1.29 is 28.7 Å². The van der Waals surface area contributed by atoms with E-state index in [0.29, 0.717) is 19.8 Å². The molecular formula is C48H99O6P. The highest BCUT2D eigenvalue weighted by Crippen LogP contribution is 2.40. The molecule has 0 aromatic carbocycles. The predicted molar refractivity (Wildman–Crippen MR) is 239 cm³/mol. The maximum absolute atomic E-state index is 5.48. The normalized spacial score (nSPS) is 11.8. The molecule has 0 N–H and O–H groups in total. The Hall–Kier alpha value is 0.190. The van der Waals surface area contributed by atoms with Crippen molar-refractivity contribution in [2.45, 2.75) is 290 Å². The van der Waals surface area contributed by atoms with Gasteiger partial charge in [0.1, 0.15) is 0 Å². The first-order valence-corrected chi connectivity index (χ1v) is 26.1. The maximum atomic E-state index is 5.48. The van der Waals surface area contributed by atoms with Crippen molar-refractivity contribution in [3.63, 3.8) is 0 Å². The molecule has 0 radical (unpaired) electrons. The molecule has 0 saturated heterocycles. The summed E-state index contributed by atoms with van der Waals surface area (Å²) in [6, 6.07) is 0. The van der Waals surface area contributed by atoms with E-state index >= 15 is 0 Å². The Morgan fingerprint density at radius 3 is 0.509 bits per heavy atom. The van der Waals surface area contributed by atoms with Crippen LogP contribution < -0.4 is 0 Å². The molecule has 55 heavy (non-hydrogen) atoms. The molecule has 0 saturated carbocycles. The SMILES string of the molecule is CCCCCCCCCCCCCCCCOOP(OOCCCCCCCCCCCCCCCC)OOCCCCCCCCCCCCCCCC. The van der Waals surface area contributed by atoms with Gasteiger partial charge in [-0.05, 0) is 19.3 Å². The van der Waals surface area contributed by atoms with Crippen molar-refractivity contribution in [2.75, 3.05) is 19.8 Å². The van der Waals surface area contributed by atoms with Crippen LogP contribution in [0.15, 0.2) is 0 Å². The van der Waals surface area contributed by atoms with Gasteiger partial charge in [0.15, 0.2) is 0 Å². The second-order valence-corrected chi connectivity index (χ2v) is 17.6. The second kappa shape index (κ2) is 52.2. The number of unbranched alkanes of at least 4 members (excludes halogenated alkanes) is 39. The van der Waals surface area contributed by atoms with Gasteiger partial charge in [0.25, 0.3) is 0 Å². The largest absolute Gasteiger partial charge is 0.421 e. The van der Waals surface area contributed by atoms with E-state index in [9.17, 15) is 0 Å². The summed E-state index contributed by atoms with van der Waals surface area (Å²) in [5.41, 5.74) is 0. The molecule has 0 spiro atoms. The number of rotatable bonds is 51. The highest BCUT2D eigenvalue weighted by molar-refractivity contribution is 7.41. The van der Waals surface area contributed by atoms with E-state index in [1.54, 1.807) is 0 Å². The molecular weight excluding hydrogens is 703 g/mol. The first-order valence-electron chi connectivity index (χ1n) is 25.0. The Bertz CT molecular complexity index is 570. The van der Waals surface area contributed by atoms with E-state index in [4.69, 9.17) is 28.7 Å². The third-order valence-electron chi connectivity index (χ3n) is 11.1. The quantitative estimate of drug-likeness (QED) is 0.0264. The zero-order valence-electron chi connectivity index (χ0n) is 37.7. The third-order valence-corrected chi connectivity index (χ3v) is 11.8. The Balaban J connectivity index is 3.94. The minimum atomic E-state index is -1.86. The molecule has 0 aliphatic rings. The standard InChI is InChI=1S/C48H99O6P/c1-4-7-10-13-16-19-22-25-28-31-34-37-40-43-46-49-52-55(53-50-47-44-41-38-35-32-29-26-23-20-17-14-11-8-5-2)54-51-48-45-42-39-36-33-30-27-24-21-18-15-12-9-6-3/h4-48H2,1-3H3. The van der Waals surface area contributed by atoms with E-state index in [0.717, 1.165) is 38.5 Å². The van der Waals surface area contributed by atoms with Gasteiger partial charge in [0.2, 0.25) is 0 Å². The van der Waals surface area contributed by atoms with E-state index in [1.807, 2.05) is 0 Å². The Labute approximate surface area is 346 Å². The molecule has 0 unspecified atom stereocenters. The molecule has 332 valence electrons. The first-order chi connectivity index (χ1) is 27.3.